The molecule has 0 saturated heterocycles. The quantitative estimate of drug-likeness (QED) is 0.853. The Labute approximate surface area is 119 Å². The summed E-state index contributed by atoms with van der Waals surface area (Å²) in [5, 5.41) is 12.7. The van der Waals surface area contributed by atoms with Crippen LogP contribution in [0.1, 0.15) is 37.6 Å². The summed E-state index contributed by atoms with van der Waals surface area (Å²) >= 11 is 0. The van der Waals surface area contributed by atoms with Gasteiger partial charge < -0.3 is 15.2 Å². The topological polar surface area (TPSA) is 71.5 Å². The number of aliphatic hydroxyl groups is 1. The molecule has 1 aromatic heterocycles. The zero-order valence-electron chi connectivity index (χ0n) is 12.2. The van der Waals surface area contributed by atoms with Crippen LogP contribution in [0.15, 0.2) is 24.5 Å². The molecule has 20 heavy (non-hydrogen) atoms. The van der Waals surface area contributed by atoms with Crippen LogP contribution >= 0.6 is 0 Å². The summed E-state index contributed by atoms with van der Waals surface area (Å²) in [6, 6.07) is 3.43. The monoisotopic (exact) mass is 278 g/mol. The Hall–Kier alpha value is -1.46. The largest absolute Gasteiger partial charge is 0.394 e. The summed E-state index contributed by atoms with van der Waals surface area (Å²) in [7, 11) is 0. The molecule has 2 atom stereocenters. The Kier molecular flexibility index (Phi) is 4.11. The van der Waals surface area contributed by atoms with E-state index in [9.17, 15) is 9.90 Å². The summed E-state index contributed by atoms with van der Waals surface area (Å²) in [4.78, 5) is 16.2. The van der Waals surface area contributed by atoms with Gasteiger partial charge in [-0.1, -0.05) is 13.8 Å². The number of nitrogens with zero attached hydrogens (tertiary/aromatic N) is 1. The molecule has 1 heterocycles. The van der Waals surface area contributed by atoms with Gasteiger partial charge in [0, 0.05) is 30.8 Å². The van der Waals surface area contributed by atoms with Crippen molar-refractivity contribution in [2.24, 2.45) is 5.41 Å². The molecule has 1 amide bonds. The van der Waals surface area contributed by atoms with Gasteiger partial charge in [-0.25, -0.2) is 0 Å². The van der Waals surface area contributed by atoms with Crippen LogP contribution in [-0.2, 0) is 4.74 Å². The van der Waals surface area contributed by atoms with Crippen LogP contribution in [0.25, 0.3) is 0 Å². The summed E-state index contributed by atoms with van der Waals surface area (Å²) in [6.45, 7) is 6.50. The van der Waals surface area contributed by atoms with Crippen molar-refractivity contribution in [1.82, 2.24) is 10.3 Å². The molecule has 5 heteroatoms. The van der Waals surface area contributed by atoms with Crippen LogP contribution in [0.3, 0.4) is 0 Å². The van der Waals surface area contributed by atoms with E-state index in [1.165, 1.54) is 6.20 Å². The lowest BCUT2D eigenvalue weighted by atomic mass is 9.54. The lowest BCUT2D eigenvalue weighted by Crippen LogP contribution is -2.74. The Morgan fingerprint density at radius 1 is 1.60 bits per heavy atom. The maximum atomic E-state index is 12.3. The van der Waals surface area contributed by atoms with Crippen molar-refractivity contribution in [3.63, 3.8) is 0 Å². The molecule has 2 N–H and O–H groups in total. The van der Waals surface area contributed by atoms with Gasteiger partial charge in [-0.3, -0.25) is 9.78 Å². The van der Waals surface area contributed by atoms with E-state index in [4.69, 9.17) is 4.74 Å². The summed E-state index contributed by atoms with van der Waals surface area (Å²) < 4.78 is 5.66. The second kappa shape index (κ2) is 5.50. The number of ether oxygens (including phenoxy) is 1. The van der Waals surface area contributed by atoms with Crippen LogP contribution in [0, 0.1) is 5.41 Å². The highest BCUT2D eigenvalue weighted by molar-refractivity contribution is 5.94. The molecular weight excluding hydrogens is 256 g/mol. The number of carbonyl (C=O) groups excluding carboxylic acids is 1. The molecule has 0 unspecified atom stereocenters. The molecule has 0 radical (unpaired) electrons. The molecule has 1 aromatic rings. The third-order valence-corrected chi connectivity index (χ3v) is 4.49. The Morgan fingerprint density at radius 3 is 2.85 bits per heavy atom. The standard InChI is InChI=1S/C15H22N2O3/c1-4-20-12-8-15(10-18,14(12,2)3)17-13(19)11-6-5-7-16-9-11/h5-7,9,12,18H,4,8,10H2,1-3H3,(H,17,19)/t12-,15-/m0/s1. The minimum absolute atomic E-state index is 0.0499. The van der Waals surface area contributed by atoms with Crippen LogP contribution in [0.5, 0.6) is 0 Å². The second-order valence-corrected chi connectivity index (χ2v) is 5.81. The molecule has 1 saturated carbocycles. The molecule has 1 aliphatic carbocycles. The van der Waals surface area contributed by atoms with E-state index in [0.29, 0.717) is 18.6 Å². The van der Waals surface area contributed by atoms with Crippen molar-refractivity contribution in [2.75, 3.05) is 13.2 Å². The molecule has 1 fully saturated rings. The van der Waals surface area contributed by atoms with E-state index in [-0.39, 0.29) is 24.0 Å². The van der Waals surface area contributed by atoms with E-state index in [1.807, 2.05) is 20.8 Å². The van der Waals surface area contributed by atoms with Crippen molar-refractivity contribution in [3.05, 3.63) is 30.1 Å². The van der Waals surface area contributed by atoms with Crippen LogP contribution in [-0.4, -0.2) is 40.9 Å². The van der Waals surface area contributed by atoms with E-state index >= 15 is 0 Å². The number of rotatable bonds is 5. The predicted molar refractivity (Wildman–Crippen MR) is 75.3 cm³/mol. The molecule has 0 bridgehead atoms. The lowest BCUT2D eigenvalue weighted by Gasteiger charge is -2.60. The van der Waals surface area contributed by atoms with Crippen molar-refractivity contribution >= 4 is 5.91 Å². The third-order valence-electron chi connectivity index (χ3n) is 4.49. The highest BCUT2D eigenvalue weighted by atomic mass is 16.5. The molecule has 5 nitrogen and oxygen atoms in total. The van der Waals surface area contributed by atoms with Gasteiger partial charge in [0.05, 0.1) is 23.8 Å². The molecule has 2 rings (SSSR count). The normalized spacial score (nSPS) is 27.7. The van der Waals surface area contributed by atoms with Crippen LogP contribution in [0.4, 0.5) is 0 Å². The van der Waals surface area contributed by atoms with Gasteiger partial charge in [-0.2, -0.15) is 0 Å². The molecule has 0 aromatic carbocycles. The first-order valence-electron chi connectivity index (χ1n) is 6.92. The fourth-order valence-electron chi connectivity index (χ4n) is 2.79. The van der Waals surface area contributed by atoms with Gasteiger partial charge in [-0.05, 0) is 19.1 Å². The lowest BCUT2D eigenvalue weighted by molar-refractivity contribution is -0.172. The molecule has 110 valence electrons. The number of amides is 1. The van der Waals surface area contributed by atoms with Gasteiger partial charge in [0.25, 0.3) is 5.91 Å². The predicted octanol–water partition coefficient (Wildman–Crippen LogP) is 1.38. The van der Waals surface area contributed by atoms with E-state index in [1.54, 1.807) is 18.3 Å². The van der Waals surface area contributed by atoms with Gasteiger partial charge in [-0.15, -0.1) is 0 Å². The SMILES string of the molecule is CCO[C@H]1C[C@@](CO)(NC(=O)c2cccnc2)C1(C)C. The fraction of sp³-hybridized carbons (Fsp3) is 0.600. The first-order valence-corrected chi connectivity index (χ1v) is 6.92. The number of aliphatic hydroxyl groups excluding tert-OH is 1. The number of aromatic nitrogens is 1. The first kappa shape index (κ1) is 14.9. The highest BCUT2D eigenvalue weighted by Gasteiger charge is 2.61. The summed E-state index contributed by atoms with van der Waals surface area (Å²) in [5.41, 5.74) is -0.453. The van der Waals surface area contributed by atoms with Gasteiger partial charge in [0.15, 0.2) is 0 Å². The second-order valence-electron chi connectivity index (χ2n) is 5.81. The average Bonchev–Trinajstić information content (AvgIpc) is 2.46. The molecule has 0 spiro atoms. The minimum Gasteiger partial charge on any atom is -0.394 e. The van der Waals surface area contributed by atoms with Gasteiger partial charge >= 0.3 is 0 Å². The highest BCUT2D eigenvalue weighted by Crippen LogP contribution is 2.51. The molecular formula is C15H22N2O3. The van der Waals surface area contributed by atoms with Crippen molar-refractivity contribution in [3.8, 4) is 0 Å². The van der Waals surface area contributed by atoms with E-state index in [2.05, 4.69) is 10.3 Å². The fourth-order valence-corrected chi connectivity index (χ4v) is 2.79. The van der Waals surface area contributed by atoms with Crippen molar-refractivity contribution in [2.45, 2.75) is 38.8 Å². The molecule has 1 aliphatic rings. The number of hydrogen-bond donors (Lipinski definition) is 2. The zero-order valence-corrected chi connectivity index (χ0v) is 12.2. The minimum atomic E-state index is -0.639. The van der Waals surface area contributed by atoms with E-state index < -0.39 is 5.54 Å². The summed E-state index contributed by atoms with van der Waals surface area (Å²) in [5.74, 6) is -0.213. The zero-order chi connectivity index (χ0) is 14.8. The van der Waals surface area contributed by atoms with E-state index in [0.717, 1.165) is 0 Å². The van der Waals surface area contributed by atoms with Crippen LogP contribution in [0.2, 0.25) is 0 Å². The molecule has 0 aliphatic heterocycles. The third kappa shape index (κ3) is 2.31. The average molecular weight is 278 g/mol. The smallest absolute Gasteiger partial charge is 0.253 e. The Bertz CT molecular complexity index is 475. The van der Waals surface area contributed by atoms with Gasteiger partial charge in [0.2, 0.25) is 0 Å². The van der Waals surface area contributed by atoms with Crippen molar-refractivity contribution in [1.29, 1.82) is 0 Å². The van der Waals surface area contributed by atoms with Gasteiger partial charge in [0.1, 0.15) is 0 Å². The van der Waals surface area contributed by atoms with Crippen LogP contribution < -0.4 is 5.32 Å². The maximum absolute atomic E-state index is 12.3. The number of carbonyl (C=O) groups is 1. The number of hydrogen-bond acceptors (Lipinski definition) is 4. The maximum Gasteiger partial charge on any atom is 0.253 e. The summed E-state index contributed by atoms with van der Waals surface area (Å²) in [6.07, 6.45) is 3.81. The van der Waals surface area contributed by atoms with Crippen molar-refractivity contribution < 1.29 is 14.6 Å². The first-order chi connectivity index (χ1) is 9.47. The Balaban J connectivity index is 2.12. The number of pyridine rings is 1. The Morgan fingerprint density at radius 2 is 2.35 bits per heavy atom. The number of nitrogens with one attached hydrogen (secondary N) is 1.